The van der Waals surface area contributed by atoms with Crippen LogP contribution in [0.3, 0.4) is 0 Å². The number of para-hydroxylation sites is 1. The summed E-state index contributed by atoms with van der Waals surface area (Å²) in [5.41, 5.74) is 19.2. The summed E-state index contributed by atoms with van der Waals surface area (Å²) < 4.78 is 15.5. The highest BCUT2D eigenvalue weighted by molar-refractivity contribution is 5.97. The fraction of sp³-hybridized carbons (Fsp3) is 0.0769. The van der Waals surface area contributed by atoms with Crippen molar-refractivity contribution >= 4 is 17.1 Å². The van der Waals surface area contributed by atoms with E-state index in [1.165, 1.54) is 50.1 Å². The largest absolute Gasteiger partial charge is 0.310 e. The van der Waals surface area contributed by atoms with Crippen LogP contribution in [0.25, 0.3) is 44.5 Å². The van der Waals surface area contributed by atoms with Crippen molar-refractivity contribution in [2.24, 2.45) is 0 Å². The van der Waals surface area contributed by atoms with Crippen LogP contribution in [-0.4, -0.2) is 0 Å². The van der Waals surface area contributed by atoms with Crippen LogP contribution in [0.15, 0.2) is 182 Å². The van der Waals surface area contributed by atoms with Gasteiger partial charge in [0.1, 0.15) is 5.82 Å². The van der Waals surface area contributed by atoms with Gasteiger partial charge in [-0.15, -0.1) is 0 Å². The van der Waals surface area contributed by atoms with Crippen LogP contribution in [0.2, 0.25) is 0 Å². The van der Waals surface area contributed by atoms with E-state index in [2.05, 4.69) is 183 Å². The zero-order chi connectivity index (χ0) is 36.2. The Balaban J connectivity index is 1.21. The molecule has 2 heteroatoms. The number of halogens is 1. The van der Waals surface area contributed by atoms with E-state index in [1.807, 2.05) is 6.07 Å². The smallest absolute Gasteiger partial charge is 0.123 e. The fourth-order valence-corrected chi connectivity index (χ4v) is 10.0. The second-order valence-corrected chi connectivity index (χ2v) is 15.4. The van der Waals surface area contributed by atoms with Crippen LogP contribution in [0.5, 0.6) is 0 Å². The summed E-state index contributed by atoms with van der Waals surface area (Å²) in [6.07, 6.45) is 0. The van der Waals surface area contributed by atoms with E-state index in [4.69, 9.17) is 0 Å². The Bertz CT molecular complexity index is 2780. The van der Waals surface area contributed by atoms with E-state index in [0.29, 0.717) is 0 Å². The molecule has 0 amide bonds. The average Bonchev–Trinajstić information content (AvgIpc) is 3.76. The molecular formula is C52H36FN. The molecule has 3 aliphatic rings. The lowest BCUT2D eigenvalue weighted by molar-refractivity contribution is 0.622. The molecule has 8 aromatic rings. The Morgan fingerprint density at radius 3 is 1.56 bits per heavy atom. The summed E-state index contributed by atoms with van der Waals surface area (Å²) >= 11 is 0. The van der Waals surface area contributed by atoms with E-state index in [9.17, 15) is 0 Å². The first-order chi connectivity index (χ1) is 26.5. The Labute approximate surface area is 315 Å². The van der Waals surface area contributed by atoms with Crippen molar-refractivity contribution in [1.82, 2.24) is 0 Å². The molecule has 8 aromatic carbocycles. The van der Waals surface area contributed by atoms with Gasteiger partial charge in [-0.2, -0.15) is 0 Å². The van der Waals surface area contributed by atoms with Gasteiger partial charge >= 0.3 is 0 Å². The first kappa shape index (κ1) is 31.1. The normalized spacial score (nSPS) is 14.5. The molecule has 0 saturated carbocycles. The highest BCUT2D eigenvalue weighted by Gasteiger charge is 2.52. The SMILES string of the molecule is CC1(C)c2ccccc2-c2cc(N(c3ccc4c(c3)C3(c5ccccc5-c5ccccc53)c3cc(F)ccc3-4)c3ccccc3-c3ccccc3)ccc21. The van der Waals surface area contributed by atoms with Crippen molar-refractivity contribution in [3.8, 4) is 44.5 Å². The third-order valence-corrected chi connectivity index (χ3v) is 12.3. The van der Waals surface area contributed by atoms with Crippen molar-refractivity contribution in [1.29, 1.82) is 0 Å². The Morgan fingerprint density at radius 1 is 0.370 bits per heavy atom. The van der Waals surface area contributed by atoms with E-state index in [-0.39, 0.29) is 11.2 Å². The molecule has 1 nitrogen and oxygen atoms in total. The number of hydrogen-bond acceptors (Lipinski definition) is 1. The molecule has 0 bridgehead atoms. The molecule has 0 heterocycles. The molecule has 0 radical (unpaired) electrons. The molecule has 0 aromatic heterocycles. The molecule has 11 rings (SSSR count). The standard InChI is InChI=1S/C52H36FN/c1-51(2)44-20-10-6-19-40(44)43-31-35(26-29-45(43)51)54(50-23-13-9-16-37(50)33-14-4-3-5-15-33)36-25-28-42-41-27-24-34(53)30-48(41)52(49(42)32-36)46-21-11-7-17-38(46)39-18-8-12-22-47(39)52/h3-32H,1-2H3. The Morgan fingerprint density at radius 2 is 0.852 bits per heavy atom. The molecule has 1 spiro atoms. The van der Waals surface area contributed by atoms with Crippen LogP contribution in [-0.2, 0) is 10.8 Å². The Kier molecular flexibility index (Phi) is 6.47. The second kappa shape index (κ2) is 11.2. The van der Waals surface area contributed by atoms with Gasteiger partial charge in [0.05, 0.1) is 11.1 Å². The maximum Gasteiger partial charge on any atom is 0.123 e. The number of anilines is 3. The minimum absolute atomic E-state index is 0.0957. The number of hydrogen-bond donors (Lipinski definition) is 0. The van der Waals surface area contributed by atoms with Crippen molar-refractivity contribution in [3.05, 3.63) is 221 Å². The third-order valence-electron chi connectivity index (χ3n) is 12.3. The van der Waals surface area contributed by atoms with E-state index >= 15 is 4.39 Å². The van der Waals surface area contributed by atoms with Crippen molar-refractivity contribution in [3.63, 3.8) is 0 Å². The molecule has 3 aliphatic carbocycles. The molecule has 0 aliphatic heterocycles. The summed E-state index contributed by atoms with van der Waals surface area (Å²) in [5.74, 6) is -0.220. The summed E-state index contributed by atoms with van der Waals surface area (Å²) in [4.78, 5) is 2.43. The summed E-state index contributed by atoms with van der Waals surface area (Å²) in [5, 5.41) is 0. The first-order valence-electron chi connectivity index (χ1n) is 18.8. The van der Waals surface area contributed by atoms with Gasteiger partial charge in [-0.05, 0) is 115 Å². The molecular weight excluding hydrogens is 658 g/mol. The number of benzene rings is 8. The van der Waals surface area contributed by atoms with Gasteiger partial charge in [-0.3, -0.25) is 0 Å². The van der Waals surface area contributed by atoms with Crippen LogP contribution in [0, 0.1) is 5.82 Å². The van der Waals surface area contributed by atoms with Gasteiger partial charge in [0.25, 0.3) is 0 Å². The quantitative estimate of drug-likeness (QED) is 0.177. The predicted octanol–water partition coefficient (Wildman–Crippen LogP) is 13.6. The number of nitrogens with zero attached hydrogens (tertiary/aromatic N) is 1. The van der Waals surface area contributed by atoms with Gasteiger partial charge in [-0.25, -0.2) is 4.39 Å². The monoisotopic (exact) mass is 693 g/mol. The molecule has 0 saturated heterocycles. The minimum atomic E-state index is -0.665. The lowest BCUT2D eigenvalue weighted by Crippen LogP contribution is -2.26. The van der Waals surface area contributed by atoms with Gasteiger partial charge in [0.2, 0.25) is 0 Å². The lowest BCUT2D eigenvalue weighted by Gasteiger charge is -2.33. The van der Waals surface area contributed by atoms with Gasteiger partial charge < -0.3 is 4.90 Å². The summed E-state index contributed by atoms with van der Waals surface area (Å²) in [7, 11) is 0. The lowest BCUT2D eigenvalue weighted by atomic mass is 9.70. The van der Waals surface area contributed by atoms with E-state index in [1.54, 1.807) is 12.1 Å². The predicted molar refractivity (Wildman–Crippen MR) is 220 cm³/mol. The van der Waals surface area contributed by atoms with Crippen molar-refractivity contribution in [2.75, 3.05) is 4.90 Å². The third kappa shape index (κ3) is 4.08. The average molecular weight is 694 g/mol. The molecule has 0 atom stereocenters. The molecule has 0 unspecified atom stereocenters. The minimum Gasteiger partial charge on any atom is -0.310 e. The van der Waals surface area contributed by atoms with Crippen LogP contribution in [0.1, 0.15) is 47.2 Å². The molecule has 54 heavy (non-hydrogen) atoms. The van der Waals surface area contributed by atoms with Crippen LogP contribution >= 0.6 is 0 Å². The van der Waals surface area contributed by atoms with Crippen molar-refractivity contribution in [2.45, 2.75) is 24.7 Å². The maximum atomic E-state index is 15.5. The highest BCUT2D eigenvalue weighted by Crippen LogP contribution is 2.63. The van der Waals surface area contributed by atoms with E-state index < -0.39 is 5.41 Å². The first-order valence-corrected chi connectivity index (χ1v) is 18.8. The van der Waals surface area contributed by atoms with E-state index in [0.717, 1.165) is 44.9 Å². The maximum absolute atomic E-state index is 15.5. The molecule has 0 fully saturated rings. The second-order valence-electron chi connectivity index (χ2n) is 15.4. The highest BCUT2D eigenvalue weighted by atomic mass is 19.1. The fourth-order valence-electron chi connectivity index (χ4n) is 10.0. The van der Waals surface area contributed by atoms with Gasteiger partial charge in [-0.1, -0.05) is 153 Å². The zero-order valence-electron chi connectivity index (χ0n) is 30.1. The summed E-state index contributed by atoms with van der Waals surface area (Å²) in [6.45, 7) is 4.66. The summed E-state index contributed by atoms with van der Waals surface area (Å²) in [6, 6.07) is 64.9. The van der Waals surface area contributed by atoms with Gasteiger partial charge in [0, 0.05) is 22.4 Å². The van der Waals surface area contributed by atoms with Crippen molar-refractivity contribution < 1.29 is 4.39 Å². The number of fused-ring (bicyclic) bond motifs is 13. The zero-order valence-corrected chi connectivity index (χ0v) is 30.1. The number of rotatable bonds is 4. The Hall–Kier alpha value is -6.51. The van der Waals surface area contributed by atoms with Crippen LogP contribution in [0.4, 0.5) is 21.5 Å². The molecule has 256 valence electrons. The van der Waals surface area contributed by atoms with Gasteiger partial charge in [0.15, 0.2) is 0 Å². The molecule has 0 N–H and O–H groups in total. The van der Waals surface area contributed by atoms with Crippen LogP contribution < -0.4 is 4.90 Å². The topological polar surface area (TPSA) is 3.24 Å².